The van der Waals surface area contributed by atoms with Gasteiger partial charge in [-0.25, -0.2) is 0 Å². The van der Waals surface area contributed by atoms with Gasteiger partial charge in [-0.3, -0.25) is 4.79 Å². The maximum atomic E-state index is 12.5. The molecule has 0 bridgehead atoms. The Morgan fingerprint density at radius 2 is 1.96 bits per heavy atom. The van der Waals surface area contributed by atoms with Crippen LogP contribution in [0.5, 0.6) is 0 Å². The average Bonchev–Trinajstić information content (AvgIpc) is 3.36. The fourth-order valence-corrected chi connectivity index (χ4v) is 5.76. The van der Waals surface area contributed by atoms with Crippen molar-refractivity contribution >= 4 is 48.3 Å². The van der Waals surface area contributed by atoms with Crippen LogP contribution in [0.3, 0.4) is 0 Å². The quantitative estimate of drug-likeness (QED) is 0.391. The van der Waals surface area contributed by atoms with E-state index in [2.05, 4.69) is 52.1 Å². The third-order valence-electron chi connectivity index (χ3n) is 6.23. The van der Waals surface area contributed by atoms with Gasteiger partial charge in [0, 0.05) is 15.2 Å². The molecule has 1 saturated carbocycles. The molecule has 2 N–H and O–H groups in total. The van der Waals surface area contributed by atoms with E-state index in [9.17, 15) is 9.90 Å². The second kappa shape index (κ2) is 6.55. The highest BCUT2D eigenvalue weighted by Crippen LogP contribution is 2.51. The lowest BCUT2D eigenvalue weighted by molar-refractivity contribution is 0.282. The second-order valence-electron chi connectivity index (χ2n) is 7.63. The monoisotopic (exact) mass is 453 g/mol. The maximum absolute atomic E-state index is 12.5. The van der Waals surface area contributed by atoms with Gasteiger partial charge in [0.15, 0.2) is 0 Å². The minimum atomic E-state index is -0.0742. The average molecular weight is 454 g/mol. The Morgan fingerprint density at radius 3 is 2.61 bits per heavy atom. The lowest BCUT2D eigenvalue weighted by atomic mass is 9.89. The first-order chi connectivity index (χ1) is 13.6. The largest absolute Gasteiger partial charge is 0.392 e. The van der Waals surface area contributed by atoms with Crippen LogP contribution < -0.4 is 5.56 Å². The van der Waals surface area contributed by atoms with E-state index in [1.54, 1.807) is 0 Å². The highest BCUT2D eigenvalue weighted by atomic mass is 79.9. The molecule has 2 aromatic carbocycles. The standard InChI is InChI=1S/C23H20BrNO2S/c1-2-23(8-9-23)15-5-3-13(4-6-15)18-14(12-26)11-17(24)20-19(18)16-7-10-28-21(16)22(27)25-20/h3-7,10-11,26H,2,8-9,12H2,1H3,(H,25,27). The van der Waals surface area contributed by atoms with Gasteiger partial charge in [-0.1, -0.05) is 31.2 Å². The van der Waals surface area contributed by atoms with Crippen LogP contribution in [0, 0.1) is 0 Å². The lowest BCUT2D eigenvalue weighted by Crippen LogP contribution is -2.06. The van der Waals surface area contributed by atoms with Crippen LogP contribution >= 0.6 is 27.3 Å². The number of rotatable bonds is 4. The summed E-state index contributed by atoms with van der Waals surface area (Å²) in [4.78, 5) is 15.5. The Kier molecular flexibility index (Phi) is 4.23. The van der Waals surface area contributed by atoms with Gasteiger partial charge in [0.1, 0.15) is 4.70 Å². The molecule has 1 aliphatic carbocycles. The second-order valence-corrected chi connectivity index (χ2v) is 9.40. The number of thiophene rings is 1. The zero-order valence-electron chi connectivity index (χ0n) is 15.5. The first-order valence-corrected chi connectivity index (χ1v) is 11.2. The van der Waals surface area contributed by atoms with Crippen LogP contribution in [-0.4, -0.2) is 10.1 Å². The summed E-state index contributed by atoms with van der Waals surface area (Å²) in [5, 5.41) is 14.0. The van der Waals surface area contributed by atoms with Crippen molar-refractivity contribution in [3.05, 3.63) is 67.7 Å². The summed E-state index contributed by atoms with van der Waals surface area (Å²) in [7, 11) is 0. The molecule has 0 unspecified atom stereocenters. The van der Waals surface area contributed by atoms with E-state index in [1.165, 1.54) is 36.2 Å². The van der Waals surface area contributed by atoms with Crippen molar-refractivity contribution in [1.29, 1.82) is 0 Å². The molecular formula is C23H20BrNO2S. The summed E-state index contributed by atoms with van der Waals surface area (Å²) in [5.74, 6) is 0. The molecule has 0 radical (unpaired) electrons. The summed E-state index contributed by atoms with van der Waals surface area (Å²) in [6.45, 7) is 2.20. The number of H-pyrrole nitrogens is 1. The van der Waals surface area contributed by atoms with E-state index in [0.717, 1.165) is 42.2 Å². The number of benzene rings is 2. The summed E-state index contributed by atoms with van der Waals surface area (Å²) < 4.78 is 1.51. The topological polar surface area (TPSA) is 53.1 Å². The molecule has 5 heteroatoms. The number of aromatic amines is 1. The molecule has 0 aliphatic heterocycles. The van der Waals surface area contributed by atoms with Gasteiger partial charge in [0.2, 0.25) is 0 Å². The van der Waals surface area contributed by atoms with E-state index in [0.29, 0.717) is 5.41 Å². The van der Waals surface area contributed by atoms with Crippen molar-refractivity contribution in [1.82, 2.24) is 4.98 Å². The molecule has 0 atom stereocenters. The molecular weight excluding hydrogens is 434 g/mol. The van der Waals surface area contributed by atoms with E-state index < -0.39 is 0 Å². The van der Waals surface area contributed by atoms with Gasteiger partial charge < -0.3 is 10.1 Å². The molecule has 28 heavy (non-hydrogen) atoms. The van der Waals surface area contributed by atoms with Crippen LogP contribution in [0.2, 0.25) is 0 Å². The summed E-state index contributed by atoms with van der Waals surface area (Å²) in [6.07, 6.45) is 3.71. The molecule has 2 heterocycles. The number of hydrogen-bond acceptors (Lipinski definition) is 3. The van der Waals surface area contributed by atoms with Crippen LogP contribution in [0.1, 0.15) is 37.3 Å². The number of nitrogens with one attached hydrogen (secondary N) is 1. The lowest BCUT2D eigenvalue weighted by Gasteiger charge is -2.17. The zero-order valence-corrected chi connectivity index (χ0v) is 17.9. The number of aliphatic hydroxyl groups excluding tert-OH is 1. The van der Waals surface area contributed by atoms with Gasteiger partial charge in [0.05, 0.1) is 12.1 Å². The fraction of sp³-hybridized carbons (Fsp3) is 0.261. The smallest absolute Gasteiger partial charge is 0.266 e. The normalized spacial score (nSPS) is 15.4. The number of aliphatic hydroxyl groups is 1. The van der Waals surface area contributed by atoms with Gasteiger partial charge >= 0.3 is 0 Å². The van der Waals surface area contributed by atoms with E-state index in [4.69, 9.17) is 0 Å². The summed E-state index contributed by atoms with van der Waals surface area (Å²) in [6, 6.07) is 12.7. The van der Waals surface area contributed by atoms with E-state index in [1.807, 2.05) is 17.5 Å². The van der Waals surface area contributed by atoms with Gasteiger partial charge in [-0.2, -0.15) is 0 Å². The Hall–Kier alpha value is -1.95. The predicted octanol–water partition coefficient (Wildman–Crippen LogP) is 6.11. The molecule has 3 nitrogen and oxygen atoms in total. The Balaban J connectivity index is 1.82. The summed E-state index contributed by atoms with van der Waals surface area (Å²) >= 11 is 5.03. The molecule has 5 rings (SSSR count). The van der Waals surface area contributed by atoms with Crippen molar-refractivity contribution in [3.63, 3.8) is 0 Å². The molecule has 142 valence electrons. The Morgan fingerprint density at radius 1 is 1.21 bits per heavy atom. The number of fused-ring (bicyclic) bond motifs is 3. The van der Waals surface area contributed by atoms with Crippen molar-refractivity contribution in [2.45, 2.75) is 38.2 Å². The van der Waals surface area contributed by atoms with E-state index >= 15 is 0 Å². The number of pyridine rings is 1. The third-order valence-corrected chi connectivity index (χ3v) is 7.77. The van der Waals surface area contributed by atoms with Crippen molar-refractivity contribution in [3.8, 4) is 11.1 Å². The van der Waals surface area contributed by atoms with Crippen LogP contribution in [0.4, 0.5) is 0 Å². The molecule has 1 aliphatic rings. The molecule has 2 aromatic heterocycles. The zero-order chi connectivity index (χ0) is 19.5. The molecule has 0 amide bonds. The number of aromatic nitrogens is 1. The van der Waals surface area contributed by atoms with Crippen molar-refractivity contribution < 1.29 is 5.11 Å². The third kappa shape index (κ3) is 2.60. The Labute approximate surface area is 175 Å². The van der Waals surface area contributed by atoms with E-state index in [-0.39, 0.29) is 12.2 Å². The van der Waals surface area contributed by atoms with Gasteiger partial charge in [-0.15, -0.1) is 11.3 Å². The van der Waals surface area contributed by atoms with Gasteiger partial charge in [0.25, 0.3) is 5.56 Å². The number of halogens is 1. The highest BCUT2D eigenvalue weighted by Gasteiger charge is 2.42. The first kappa shape index (κ1) is 18.1. The van der Waals surface area contributed by atoms with Crippen LogP contribution in [0.25, 0.3) is 32.1 Å². The van der Waals surface area contributed by atoms with Crippen molar-refractivity contribution in [2.24, 2.45) is 0 Å². The highest BCUT2D eigenvalue weighted by molar-refractivity contribution is 9.10. The molecule has 0 saturated heterocycles. The minimum absolute atomic E-state index is 0.0602. The van der Waals surface area contributed by atoms with Crippen LogP contribution in [0.15, 0.2) is 51.0 Å². The van der Waals surface area contributed by atoms with Gasteiger partial charge in [-0.05, 0) is 80.4 Å². The predicted molar refractivity (Wildman–Crippen MR) is 120 cm³/mol. The maximum Gasteiger partial charge on any atom is 0.266 e. The van der Waals surface area contributed by atoms with Crippen molar-refractivity contribution in [2.75, 3.05) is 0 Å². The minimum Gasteiger partial charge on any atom is -0.392 e. The number of hydrogen-bond donors (Lipinski definition) is 2. The van der Waals surface area contributed by atoms with Crippen LogP contribution in [-0.2, 0) is 12.0 Å². The Bertz CT molecular complexity index is 1270. The first-order valence-electron chi connectivity index (χ1n) is 9.54. The molecule has 0 spiro atoms. The summed E-state index contributed by atoms with van der Waals surface area (Å²) in [5.41, 5.74) is 5.38. The SMILES string of the molecule is CCC1(c2ccc(-c3c(CO)cc(Br)c4[nH]c(=O)c5sccc5c34)cc2)CC1. The molecule has 4 aromatic rings. The molecule has 1 fully saturated rings. The fourth-order valence-electron chi connectivity index (χ4n) is 4.39.